The Kier molecular flexibility index (Phi) is 36.5. The van der Waals surface area contributed by atoms with Gasteiger partial charge < -0.3 is 21.1 Å². The molecule has 0 aliphatic rings. The molecule has 0 saturated heterocycles. The number of nitrogens with one attached hydrogen (secondary N) is 1. The number of amides is 1. The normalized spacial score (nSPS) is 14.6. The van der Waals surface area contributed by atoms with E-state index in [0.717, 1.165) is 57.8 Å². The van der Waals surface area contributed by atoms with Crippen LogP contribution < -0.4 is 11.1 Å². The molecular weight excluding hydrogens is 647 g/mol. The lowest BCUT2D eigenvalue weighted by molar-refractivity contribution is -0.123. The Morgan fingerprint density at radius 3 is 1.56 bits per heavy atom. The maximum Gasteiger partial charge on any atom is 0.472 e. The first-order valence-electron chi connectivity index (χ1n) is 20.6. The lowest BCUT2D eigenvalue weighted by Crippen LogP contribution is -2.45. The average molecular weight is 727 g/mol. The highest BCUT2D eigenvalue weighted by atomic mass is 31.2. The van der Waals surface area contributed by atoms with Crippen LogP contribution in [0.4, 0.5) is 0 Å². The maximum absolute atomic E-state index is 12.7. The van der Waals surface area contributed by atoms with Crippen molar-refractivity contribution in [2.24, 2.45) is 5.73 Å². The zero-order valence-corrected chi connectivity index (χ0v) is 33.3. The second-order valence-corrected chi connectivity index (χ2v) is 15.3. The van der Waals surface area contributed by atoms with E-state index in [2.05, 4.69) is 43.5 Å². The van der Waals surface area contributed by atoms with E-state index in [9.17, 15) is 19.4 Å². The zero-order valence-electron chi connectivity index (χ0n) is 32.4. The summed E-state index contributed by atoms with van der Waals surface area (Å²) in [7, 11) is -4.34. The van der Waals surface area contributed by atoms with Gasteiger partial charge in [-0.3, -0.25) is 13.8 Å². The lowest BCUT2D eigenvalue weighted by Gasteiger charge is -2.23. The van der Waals surface area contributed by atoms with Crippen LogP contribution in [0.5, 0.6) is 0 Å². The highest BCUT2D eigenvalue weighted by molar-refractivity contribution is 7.47. The maximum atomic E-state index is 12.7. The number of carbonyl (C=O) groups excluding carboxylic acids is 1. The van der Waals surface area contributed by atoms with Gasteiger partial charge in [0.05, 0.1) is 25.4 Å². The standard InChI is InChI=1S/C41H79N2O6P/c1-3-5-7-9-11-13-15-17-18-19-20-21-23-24-26-28-30-32-34-40(44)39(38-49-50(46,47)48-37-36-42)43-41(45)35-33-31-29-27-25-22-16-14-12-10-8-6-4-2/h14,16,24,26,32,34,39-40,44H,3-13,15,17-23,25,27-31,33,35-38,42H2,1-2H3,(H,43,45)(H,46,47)/b16-14-,26-24+,34-32+. The molecule has 0 aromatic carbocycles. The summed E-state index contributed by atoms with van der Waals surface area (Å²) in [5, 5.41) is 13.6. The molecule has 0 heterocycles. The number of hydrogen-bond acceptors (Lipinski definition) is 6. The number of unbranched alkanes of at least 4 members (excludes halogenated alkanes) is 22. The van der Waals surface area contributed by atoms with Gasteiger partial charge in [-0.1, -0.05) is 159 Å². The summed E-state index contributed by atoms with van der Waals surface area (Å²) in [4.78, 5) is 22.6. The molecule has 1 amide bonds. The van der Waals surface area contributed by atoms with E-state index in [1.807, 2.05) is 6.08 Å². The first-order valence-corrected chi connectivity index (χ1v) is 22.1. The third-order valence-electron chi connectivity index (χ3n) is 8.94. The monoisotopic (exact) mass is 727 g/mol. The Morgan fingerprint density at radius 1 is 0.640 bits per heavy atom. The van der Waals surface area contributed by atoms with Crippen LogP contribution in [0.15, 0.2) is 36.5 Å². The molecule has 0 fully saturated rings. The van der Waals surface area contributed by atoms with E-state index in [0.29, 0.717) is 6.42 Å². The molecule has 0 spiro atoms. The van der Waals surface area contributed by atoms with Gasteiger partial charge in [-0.25, -0.2) is 4.57 Å². The molecular formula is C41H79N2O6P. The molecule has 0 rings (SSSR count). The van der Waals surface area contributed by atoms with Crippen molar-refractivity contribution in [3.8, 4) is 0 Å². The lowest BCUT2D eigenvalue weighted by atomic mass is 10.0. The summed E-state index contributed by atoms with van der Waals surface area (Å²) in [6, 6.07) is -0.879. The van der Waals surface area contributed by atoms with Crippen LogP contribution in [0, 0.1) is 0 Å². The molecule has 9 heteroatoms. The molecule has 3 unspecified atom stereocenters. The number of aliphatic hydroxyl groups excluding tert-OH is 1. The number of rotatable bonds is 38. The van der Waals surface area contributed by atoms with Crippen LogP contribution in [0.1, 0.15) is 187 Å². The molecule has 0 aromatic heterocycles. The van der Waals surface area contributed by atoms with Gasteiger partial charge in [0, 0.05) is 13.0 Å². The van der Waals surface area contributed by atoms with Crippen molar-refractivity contribution in [3.05, 3.63) is 36.5 Å². The smallest absolute Gasteiger partial charge is 0.387 e. The molecule has 5 N–H and O–H groups in total. The Balaban J connectivity index is 4.32. The molecule has 294 valence electrons. The SMILES string of the molecule is CCCCCC/C=C\CCCCCCCC(=O)NC(COP(=O)(O)OCCN)C(O)/C=C/CC/C=C/CCCCCCCCCCCCCC. The quantitative estimate of drug-likeness (QED) is 0.0283. The Hall–Kier alpha value is -1.28. The summed E-state index contributed by atoms with van der Waals surface area (Å²) in [6.07, 6.45) is 43.4. The first-order chi connectivity index (χ1) is 24.4. The largest absolute Gasteiger partial charge is 0.472 e. The minimum Gasteiger partial charge on any atom is -0.387 e. The van der Waals surface area contributed by atoms with Gasteiger partial charge in [-0.15, -0.1) is 0 Å². The molecule has 0 saturated carbocycles. The first kappa shape index (κ1) is 48.7. The predicted octanol–water partition coefficient (Wildman–Crippen LogP) is 11.2. The molecule has 0 bridgehead atoms. The van der Waals surface area contributed by atoms with Gasteiger partial charge in [-0.2, -0.15) is 0 Å². The summed E-state index contributed by atoms with van der Waals surface area (Å²) in [5.41, 5.74) is 5.36. The van der Waals surface area contributed by atoms with Crippen molar-refractivity contribution in [2.45, 2.75) is 199 Å². The van der Waals surface area contributed by atoms with Crippen molar-refractivity contribution >= 4 is 13.7 Å². The van der Waals surface area contributed by atoms with E-state index < -0.39 is 20.0 Å². The van der Waals surface area contributed by atoms with Gasteiger partial charge in [0.15, 0.2) is 0 Å². The second kappa shape index (κ2) is 37.5. The highest BCUT2D eigenvalue weighted by Crippen LogP contribution is 2.43. The Labute approximate surface area is 308 Å². The second-order valence-electron chi connectivity index (χ2n) is 13.8. The number of phosphoric acid groups is 1. The van der Waals surface area contributed by atoms with Gasteiger partial charge in [0.1, 0.15) is 0 Å². The Bertz CT molecular complexity index is 881. The van der Waals surface area contributed by atoms with E-state index >= 15 is 0 Å². The molecule has 50 heavy (non-hydrogen) atoms. The van der Waals surface area contributed by atoms with Crippen LogP contribution in [0.25, 0.3) is 0 Å². The molecule has 0 aromatic rings. The molecule has 0 radical (unpaired) electrons. The number of nitrogens with two attached hydrogens (primary N) is 1. The number of hydrogen-bond donors (Lipinski definition) is 4. The molecule has 3 atom stereocenters. The summed E-state index contributed by atoms with van der Waals surface area (Å²) in [5.74, 6) is -0.214. The number of allylic oxidation sites excluding steroid dienone is 5. The fourth-order valence-corrected chi connectivity index (χ4v) is 6.55. The van der Waals surface area contributed by atoms with Crippen molar-refractivity contribution in [1.29, 1.82) is 0 Å². The van der Waals surface area contributed by atoms with Crippen LogP contribution in [-0.2, 0) is 18.4 Å². The van der Waals surface area contributed by atoms with Crippen LogP contribution in [0.3, 0.4) is 0 Å². The van der Waals surface area contributed by atoms with Gasteiger partial charge in [0.25, 0.3) is 0 Å². The topological polar surface area (TPSA) is 131 Å². The fraction of sp³-hybridized carbons (Fsp3) is 0.829. The number of phosphoric ester groups is 1. The van der Waals surface area contributed by atoms with Crippen molar-refractivity contribution in [3.63, 3.8) is 0 Å². The highest BCUT2D eigenvalue weighted by Gasteiger charge is 2.26. The molecule has 8 nitrogen and oxygen atoms in total. The number of aliphatic hydroxyl groups is 1. The van der Waals surface area contributed by atoms with E-state index in [1.54, 1.807) is 6.08 Å². The minimum absolute atomic E-state index is 0.0725. The van der Waals surface area contributed by atoms with E-state index in [4.69, 9.17) is 14.8 Å². The van der Waals surface area contributed by atoms with Crippen LogP contribution in [-0.4, -0.2) is 47.8 Å². The Morgan fingerprint density at radius 2 is 1.06 bits per heavy atom. The van der Waals surface area contributed by atoms with Crippen LogP contribution in [0.2, 0.25) is 0 Å². The van der Waals surface area contributed by atoms with Gasteiger partial charge in [0.2, 0.25) is 5.91 Å². The molecule has 0 aliphatic heterocycles. The number of carbonyl (C=O) groups is 1. The van der Waals surface area contributed by atoms with Crippen molar-refractivity contribution in [2.75, 3.05) is 19.8 Å². The van der Waals surface area contributed by atoms with E-state index in [-0.39, 0.29) is 25.7 Å². The predicted molar refractivity (Wildman–Crippen MR) is 212 cm³/mol. The fourth-order valence-electron chi connectivity index (χ4n) is 5.79. The van der Waals surface area contributed by atoms with Gasteiger partial charge in [-0.05, 0) is 57.8 Å². The van der Waals surface area contributed by atoms with Gasteiger partial charge >= 0.3 is 7.82 Å². The van der Waals surface area contributed by atoms with E-state index in [1.165, 1.54) is 109 Å². The average Bonchev–Trinajstić information content (AvgIpc) is 3.10. The third-order valence-corrected chi connectivity index (χ3v) is 9.92. The van der Waals surface area contributed by atoms with Crippen molar-refractivity contribution < 1.29 is 28.4 Å². The van der Waals surface area contributed by atoms with Crippen molar-refractivity contribution in [1.82, 2.24) is 5.32 Å². The zero-order chi connectivity index (χ0) is 36.8. The summed E-state index contributed by atoms with van der Waals surface area (Å²) >= 11 is 0. The summed E-state index contributed by atoms with van der Waals surface area (Å²) in [6.45, 7) is 4.08. The molecule has 0 aliphatic carbocycles. The summed E-state index contributed by atoms with van der Waals surface area (Å²) < 4.78 is 22.1. The van der Waals surface area contributed by atoms with Crippen LogP contribution >= 0.6 is 7.82 Å². The minimum atomic E-state index is -4.34. The third kappa shape index (κ3) is 35.1.